The van der Waals surface area contributed by atoms with E-state index in [0.29, 0.717) is 37.8 Å². The largest absolute Gasteiger partial charge is 0.416 e. The summed E-state index contributed by atoms with van der Waals surface area (Å²) in [5.74, 6) is 2.20. The van der Waals surface area contributed by atoms with Gasteiger partial charge >= 0.3 is 6.18 Å². The van der Waals surface area contributed by atoms with E-state index in [-0.39, 0.29) is 6.04 Å². The van der Waals surface area contributed by atoms with Crippen molar-refractivity contribution in [2.45, 2.75) is 31.5 Å². The zero-order valence-corrected chi connectivity index (χ0v) is 27.9. The Balaban J connectivity index is 1.05. The van der Waals surface area contributed by atoms with Gasteiger partial charge in [0.25, 0.3) is 0 Å². The van der Waals surface area contributed by atoms with E-state index < -0.39 is 11.7 Å². The molecule has 0 amide bonds. The van der Waals surface area contributed by atoms with Gasteiger partial charge in [0, 0.05) is 53.7 Å². The van der Waals surface area contributed by atoms with E-state index in [1.807, 2.05) is 47.4 Å². The van der Waals surface area contributed by atoms with Crippen LogP contribution in [0, 0.1) is 5.92 Å². The van der Waals surface area contributed by atoms with Gasteiger partial charge in [-0.15, -0.1) is 0 Å². The van der Waals surface area contributed by atoms with Crippen LogP contribution in [0.25, 0.3) is 10.9 Å². The first-order chi connectivity index (χ1) is 23.2. The van der Waals surface area contributed by atoms with Crippen LogP contribution in [-0.4, -0.2) is 54.1 Å². The summed E-state index contributed by atoms with van der Waals surface area (Å²) in [4.78, 5) is 16.9. The molecule has 0 bridgehead atoms. The monoisotopic (exact) mass is 689 g/mol. The van der Waals surface area contributed by atoms with Crippen molar-refractivity contribution in [2.75, 3.05) is 49.1 Å². The number of halogens is 5. The molecule has 0 aliphatic carbocycles. The lowest BCUT2D eigenvalue weighted by Gasteiger charge is -2.38. The SMILES string of the molecule is FC(F)(F)c1cccc(N2CCN(c3nc(CC4CCN(C(c5ccc(Cl)cc5)c5ccc(Cl)cc5)CC4)nc4ccccc34)CC2)c1. The van der Waals surface area contributed by atoms with Gasteiger partial charge in [0.2, 0.25) is 0 Å². The number of nitrogens with zero attached hydrogens (tertiary/aromatic N) is 5. The Morgan fingerprint density at radius 2 is 1.29 bits per heavy atom. The lowest BCUT2D eigenvalue weighted by Crippen LogP contribution is -2.47. The third kappa shape index (κ3) is 7.26. The van der Waals surface area contributed by atoms with E-state index in [1.54, 1.807) is 6.07 Å². The molecule has 3 heterocycles. The van der Waals surface area contributed by atoms with Crippen LogP contribution in [0.2, 0.25) is 10.0 Å². The Morgan fingerprint density at radius 3 is 1.92 bits per heavy atom. The molecule has 0 radical (unpaired) electrons. The molecule has 1 aromatic heterocycles. The topological polar surface area (TPSA) is 35.5 Å². The van der Waals surface area contributed by atoms with Crippen molar-refractivity contribution in [2.24, 2.45) is 5.92 Å². The Morgan fingerprint density at radius 1 is 0.688 bits per heavy atom. The van der Waals surface area contributed by atoms with Gasteiger partial charge in [-0.25, -0.2) is 9.97 Å². The zero-order chi connectivity index (χ0) is 33.3. The first-order valence-corrected chi connectivity index (χ1v) is 17.1. The van der Waals surface area contributed by atoms with E-state index in [9.17, 15) is 13.2 Å². The summed E-state index contributed by atoms with van der Waals surface area (Å²) in [5, 5.41) is 2.44. The van der Waals surface area contributed by atoms with Crippen LogP contribution in [0.1, 0.15) is 41.4 Å². The van der Waals surface area contributed by atoms with Crippen LogP contribution >= 0.6 is 23.2 Å². The number of alkyl halides is 3. The lowest BCUT2D eigenvalue weighted by atomic mass is 9.89. The maximum Gasteiger partial charge on any atom is 0.416 e. The van der Waals surface area contributed by atoms with Gasteiger partial charge in [-0.2, -0.15) is 13.2 Å². The minimum atomic E-state index is -4.36. The van der Waals surface area contributed by atoms with Crippen molar-refractivity contribution in [3.05, 3.63) is 130 Å². The highest BCUT2D eigenvalue weighted by molar-refractivity contribution is 6.30. The molecule has 48 heavy (non-hydrogen) atoms. The predicted molar refractivity (Wildman–Crippen MR) is 188 cm³/mol. The minimum Gasteiger partial charge on any atom is -0.368 e. The molecule has 0 atom stereocenters. The Hall–Kier alpha value is -3.85. The summed E-state index contributed by atoms with van der Waals surface area (Å²) >= 11 is 12.5. The molecule has 7 rings (SSSR count). The molecule has 248 valence electrons. The highest BCUT2D eigenvalue weighted by atomic mass is 35.5. The van der Waals surface area contributed by atoms with Crippen molar-refractivity contribution in [3.8, 4) is 0 Å². The van der Waals surface area contributed by atoms with Crippen LogP contribution in [0.5, 0.6) is 0 Å². The molecule has 4 aromatic carbocycles. The van der Waals surface area contributed by atoms with Crippen molar-refractivity contribution in [3.63, 3.8) is 0 Å². The van der Waals surface area contributed by atoms with Crippen LogP contribution in [0.15, 0.2) is 97.1 Å². The van der Waals surface area contributed by atoms with E-state index in [4.69, 9.17) is 33.2 Å². The summed E-state index contributed by atoms with van der Waals surface area (Å²) in [6.45, 7) is 4.42. The van der Waals surface area contributed by atoms with Gasteiger partial charge < -0.3 is 9.80 Å². The maximum atomic E-state index is 13.3. The van der Waals surface area contributed by atoms with Gasteiger partial charge in [-0.1, -0.05) is 65.7 Å². The number of rotatable bonds is 7. The summed E-state index contributed by atoms with van der Waals surface area (Å²) in [6, 6.07) is 30.0. The average molecular weight is 691 g/mol. The average Bonchev–Trinajstić information content (AvgIpc) is 3.10. The number of fused-ring (bicyclic) bond motifs is 1. The van der Waals surface area contributed by atoms with Crippen LogP contribution in [0.4, 0.5) is 24.7 Å². The van der Waals surface area contributed by atoms with Crippen LogP contribution in [-0.2, 0) is 12.6 Å². The Labute approximate surface area is 288 Å². The third-order valence-electron chi connectivity index (χ3n) is 9.60. The molecule has 5 nitrogen and oxygen atoms in total. The molecule has 0 unspecified atom stereocenters. The number of para-hydroxylation sites is 1. The first kappa shape index (κ1) is 32.7. The second kappa shape index (κ2) is 13.9. The number of aromatic nitrogens is 2. The summed E-state index contributed by atoms with van der Waals surface area (Å²) in [7, 11) is 0. The standard InChI is InChI=1S/C38H36Cl2F3N5/c39-30-12-8-27(9-13-30)36(28-10-14-31(40)15-11-28)47-18-16-26(17-19-47)24-35-44-34-7-2-1-6-33(34)37(45-35)48-22-20-46(21-23-48)32-5-3-4-29(25-32)38(41,42)43/h1-15,25-26,36H,16-24H2. The smallest absolute Gasteiger partial charge is 0.368 e. The molecule has 5 aromatic rings. The van der Waals surface area contributed by atoms with E-state index in [2.05, 4.69) is 40.1 Å². The number of benzene rings is 4. The second-order valence-corrected chi connectivity index (χ2v) is 13.6. The third-order valence-corrected chi connectivity index (χ3v) is 10.1. The van der Waals surface area contributed by atoms with Crippen molar-refractivity contribution in [1.29, 1.82) is 0 Å². The van der Waals surface area contributed by atoms with E-state index in [1.165, 1.54) is 23.3 Å². The summed E-state index contributed by atoms with van der Waals surface area (Å²) in [5.41, 5.74) is 3.30. The minimum absolute atomic E-state index is 0.110. The number of likely N-dealkylation sites (tertiary alicyclic amines) is 1. The number of hydrogen-bond donors (Lipinski definition) is 0. The molecule has 0 spiro atoms. The summed E-state index contributed by atoms with van der Waals surface area (Å²) < 4.78 is 40.0. The molecule has 0 saturated carbocycles. The van der Waals surface area contributed by atoms with Crippen molar-refractivity contribution >= 4 is 45.6 Å². The van der Waals surface area contributed by atoms with Crippen molar-refractivity contribution < 1.29 is 13.2 Å². The van der Waals surface area contributed by atoms with Gasteiger partial charge in [0.05, 0.1) is 17.1 Å². The van der Waals surface area contributed by atoms with Crippen molar-refractivity contribution in [1.82, 2.24) is 14.9 Å². The molecule has 2 fully saturated rings. The van der Waals surface area contributed by atoms with E-state index >= 15 is 0 Å². The molecular formula is C38H36Cl2F3N5. The predicted octanol–water partition coefficient (Wildman–Crippen LogP) is 9.33. The fourth-order valence-electron chi connectivity index (χ4n) is 7.07. The number of piperidine rings is 1. The number of anilines is 2. The second-order valence-electron chi connectivity index (χ2n) is 12.7. The normalized spacial score (nSPS) is 16.6. The van der Waals surface area contributed by atoms with Gasteiger partial charge in [0.1, 0.15) is 11.6 Å². The summed E-state index contributed by atoms with van der Waals surface area (Å²) in [6.07, 6.45) is -1.51. The molecule has 2 saturated heterocycles. The highest BCUT2D eigenvalue weighted by Gasteiger charge is 2.32. The molecule has 10 heteroatoms. The number of hydrogen-bond acceptors (Lipinski definition) is 5. The maximum absolute atomic E-state index is 13.3. The molecule has 0 N–H and O–H groups in total. The fraction of sp³-hybridized carbons (Fsp3) is 0.316. The van der Waals surface area contributed by atoms with Crippen LogP contribution in [0.3, 0.4) is 0 Å². The molecule has 2 aliphatic rings. The van der Waals surface area contributed by atoms with Gasteiger partial charge in [-0.05, 0) is 97.6 Å². The van der Waals surface area contributed by atoms with E-state index in [0.717, 1.165) is 71.0 Å². The van der Waals surface area contributed by atoms with Gasteiger partial charge in [-0.3, -0.25) is 4.90 Å². The fourth-order valence-corrected chi connectivity index (χ4v) is 7.32. The first-order valence-electron chi connectivity index (χ1n) is 16.4. The Bertz CT molecular complexity index is 1800. The molecule has 2 aliphatic heterocycles. The highest BCUT2D eigenvalue weighted by Crippen LogP contribution is 2.36. The Kier molecular flexibility index (Phi) is 9.49. The number of piperazine rings is 1. The molecular weight excluding hydrogens is 654 g/mol. The quantitative estimate of drug-likeness (QED) is 0.170. The zero-order valence-electron chi connectivity index (χ0n) is 26.4. The lowest BCUT2D eigenvalue weighted by molar-refractivity contribution is -0.137. The van der Waals surface area contributed by atoms with Gasteiger partial charge in [0.15, 0.2) is 0 Å². The van der Waals surface area contributed by atoms with Crippen LogP contribution < -0.4 is 9.80 Å².